The minimum absolute atomic E-state index is 0.164. The monoisotopic (exact) mass is 461 g/mol. The maximum Gasteiger partial charge on any atom is 0.427 e. The van der Waals surface area contributed by atoms with Gasteiger partial charge in [-0.05, 0) is 17.4 Å². The molecule has 131 valence electrons. The van der Waals surface area contributed by atoms with Crippen molar-refractivity contribution in [3.05, 3.63) is 18.2 Å². The average molecular weight is 462 g/mol. The maximum absolute atomic E-state index is 12.7. The molecule has 0 saturated carbocycles. The van der Waals surface area contributed by atoms with E-state index in [0.717, 1.165) is 12.1 Å². The van der Waals surface area contributed by atoms with Crippen molar-refractivity contribution in [1.82, 2.24) is 0 Å². The molecular weight excluding hydrogens is 451 g/mol. The molecule has 0 amide bonds. The van der Waals surface area contributed by atoms with E-state index in [1.807, 2.05) is 9.24 Å². The summed E-state index contributed by atoms with van der Waals surface area (Å²) in [6, 6.07) is 2.75. The summed E-state index contributed by atoms with van der Waals surface area (Å²) in [6.45, 7) is -4.16. The predicted molar refractivity (Wildman–Crippen MR) is 69.6 cm³/mol. The molecule has 0 fully saturated rings. The third-order valence-electron chi connectivity index (χ3n) is 1.75. The van der Waals surface area contributed by atoms with Gasteiger partial charge in [0.25, 0.3) is 0 Å². The summed E-state index contributed by atoms with van der Waals surface area (Å²) in [5.74, 6) is -1.17. The summed E-state index contributed by atoms with van der Waals surface area (Å²) < 4.78 is 82.9. The van der Waals surface area contributed by atoms with Crippen LogP contribution >= 0.6 is 20.8 Å². The van der Waals surface area contributed by atoms with Gasteiger partial charge in [0.05, 0.1) is 0 Å². The van der Waals surface area contributed by atoms with Gasteiger partial charge in [-0.25, -0.2) is 8.78 Å². The molecule has 0 bridgehead atoms. The second-order valence-electron chi connectivity index (χ2n) is 3.57. The van der Waals surface area contributed by atoms with Crippen molar-refractivity contribution < 1.29 is 55.0 Å². The Labute approximate surface area is 141 Å². The van der Waals surface area contributed by atoms with Crippen LogP contribution in [0.2, 0.25) is 0 Å². The van der Waals surface area contributed by atoms with E-state index in [1.54, 1.807) is 0 Å². The van der Waals surface area contributed by atoms with Gasteiger partial charge in [-0.15, -0.1) is 9.24 Å². The topological polar surface area (TPSA) is 18.5 Å². The van der Waals surface area contributed by atoms with Crippen molar-refractivity contribution in [2.45, 2.75) is 12.2 Å². The molecular formula is C11H11ClF6O2PPd. The second-order valence-corrected chi connectivity index (χ2v) is 5.65. The molecule has 0 spiro atoms. The smallest absolute Gasteiger partial charge is 0.427 e. The Morgan fingerprint density at radius 1 is 0.955 bits per heavy atom. The van der Waals surface area contributed by atoms with E-state index in [-0.39, 0.29) is 5.30 Å². The van der Waals surface area contributed by atoms with Gasteiger partial charge in [0.2, 0.25) is 0 Å². The molecule has 0 heterocycles. The normalized spacial score (nSPS) is 11.5. The standard InChI is InChI=1S/C10H9F6O2P.CH2Cl.Pd/c11-4-9(13,14)17-6-1-7(3-8(19)2-6)18-10(15,16)5-12;1-2;/h1-3H,4-5,19H2;1H2;. The fourth-order valence-corrected chi connectivity index (χ4v) is 1.44. The largest absolute Gasteiger partial charge is 0.430 e. The van der Waals surface area contributed by atoms with Gasteiger partial charge in [-0.3, -0.25) is 0 Å². The van der Waals surface area contributed by atoms with Crippen LogP contribution in [0.5, 0.6) is 11.5 Å². The fourth-order valence-electron chi connectivity index (χ4n) is 1.11. The predicted octanol–water partition coefficient (Wildman–Crippen LogP) is 3.80. The molecule has 1 aromatic rings. The van der Waals surface area contributed by atoms with Crippen LogP contribution in [0.3, 0.4) is 0 Å². The summed E-state index contributed by atoms with van der Waals surface area (Å²) in [5.41, 5.74) is 0. The summed E-state index contributed by atoms with van der Waals surface area (Å²) in [5, 5.41) is 0.164. The Hall–Kier alpha value is -0.218. The van der Waals surface area contributed by atoms with Crippen LogP contribution in [0.1, 0.15) is 0 Å². The summed E-state index contributed by atoms with van der Waals surface area (Å²) in [6.07, 6.45) is -8.17. The van der Waals surface area contributed by atoms with Gasteiger partial charge in [0.1, 0.15) is 11.5 Å². The first-order chi connectivity index (χ1) is 10.1. The molecule has 1 atom stereocenters. The molecule has 22 heavy (non-hydrogen) atoms. The van der Waals surface area contributed by atoms with E-state index in [0.29, 0.717) is 10.4 Å². The molecule has 0 aliphatic rings. The number of hydrogen-bond acceptors (Lipinski definition) is 2. The zero-order valence-electron chi connectivity index (χ0n) is 10.7. The molecule has 0 saturated heterocycles. The number of benzene rings is 1. The quantitative estimate of drug-likeness (QED) is 0.278. The minimum Gasteiger partial charge on any atom is -0.430 e. The van der Waals surface area contributed by atoms with Crippen molar-refractivity contribution in [3.63, 3.8) is 0 Å². The van der Waals surface area contributed by atoms with Crippen LogP contribution < -0.4 is 14.8 Å². The zero-order chi connectivity index (χ0) is 17.4. The summed E-state index contributed by atoms with van der Waals surface area (Å²) >= 11 is 7.64. The number of hydrogen-bond donors (Lipinski definition) is 0. The first kappa shape index (κ1) is 21.8. The first-order valence-corrected chi connectivity index (χ1v) is 7.54. The molecule has 0 aliphatic heterocycles. The molecule has 0 N–H and O–H groups in total. The molecule has 1 aromatic carbocycles. The SMILES string of the molecule is Cl[CH2][Pd].FCC(F)(F)Oc1cc(P)cc(OC(F)(F)CF)c1. The minimum atomic E-state index is -4.08. The van der Waals surface area contributed by atoms with E-state index >= 15 is 0 Å². The first-order valence-electron chi connectivity index (χ1n) is 5.33. The van der Waals surface area contributed by atoms with Crippen LogP contribution in [0.15, 0.2) is 18.2 Å². The van der Waals surface area contributed by atoms with Crippen LogP contribution in [0, 0.1) is 0 Å². The fraction of sp³-hybridized carbons (Fsp3) is 0.455. The van der Waals surface area contributed by atoms with E-state index in [9.17, 15) is 26.3 Å². The van der Waals surface area contributed by atoms with Gasteiger partial charge in [-0.2, -0.15) is 17.6 Å². The van der Waals surface area contributed by atoms with Crippen molar-refractivity contribution in [1.29, 1.82) is 0 Å². The number of halogens is 7. The Kier molecular flexibility index (Phi) is 9.72. The maximum atomic E-state index is 12.7. The van der Waals surface area contributed by atoms with Gasteiger partial charge in [0, 0.05) is 6.07 Å². The molecule has 2 nitrogen and oxygen atoms in total. The average Bonchev–Trinajstić information content (AvgIpc) is 2.38. The van der Waals surface area contributed by atoms with Crippen molar-refractivity contribution in [3.8, 4) is 11.5 Å². The van der Waals surface area contributed by atoms with Gasteiger partial charge in [0.15, 0.2) is 13.3 Å². The Bertz CT molecular complexity index is 430. The molecule has 11 heteroatoms. The number of ether oxygens (including phenoxy) is 2. The van der Waals surface area contributed by atoms with Crippen LogP contribution in [0.4, 0.5) is 26.3 Å². The van der Waals surface area contributed by atoms with E-state index in [2.05, 4.69) is 28.7 Å². The van der Waals surface area contributed by atoms with E-state index < -0.39 is 37.1 Å². The van der Waals surface area contributed by atoms with Crippen molar-refractivity contribution in [2.75, 3.05) is 17.7 Å². The summed E-state index contributed by atoms with van der Waals surface area (Å²) in [7, 11) is 2.03. The Morgan fingerprint density at radius 2 is 1.27 bits per heavy atom. The van der Waals surface area contributed by atoms with Gasteiger partial charge in [-0.1, -0.05) is 0 Å². The molecule has 1 rings (SSSR count). The van der Waals surface area contributed by atoms with Crippen molar-refractivity contribution in [2.24, 2.45) is 0 Å². The van der Waals surface area contributed by atoms with Crippen LogP contribution in [-0.4, -0.2) is 29.9 Å². The number of rotatable bonds is 6. The molecule has 0 aliphatic carbocycles. The van der Waals surface area contributed by atoms with Gasteiger partial charge < -0.3 is 9.47 Å². The third kappa shape index (κ3) is 9.04. The molecule has 0 radical (unpaired) electrons. The second kappa shape index (κ2) is 9.82. The zero-order valence-corrected chi connectivity index (χ0v) is 14.2. The summed E-state index contributed by atoms with van der Waals surface area (Å²) in [4.78, 5) is 0. The van der Waals surface area contributed by atoms with Crippen LogP contribution in [0.25, 0.3) is 0 Å². The van der Waals surface area contributed by atoms with Crippen molar-refractivity contribution >= 4 is 26.1 Å². The van der Waals surface area contributed by atoms with E-state index in [4.69, 9.17) is 11.6 Å². The molecule has 0 aromatic heterocycles. The number of alkyl halides is 7. The Morgan fingerprint density at radius 3 is 1.55 bits per heavy atom. The van der Waals surface area contributed by atoms with E-state index in [1.165, 1.54) is 0 Å². The third-order valence-corrected chi connectivity index (χ3v) is 2.08. The van der Waals surface area contributed by atoms with Crippen LogP contribution in [-0.2, 0) is 19.2 Å². The van der Waals surface area contributed by atoms with Gasteiger partial charge >= 0.3 is 47.4 Å². The molecule has 1 unspecified atom stereocenters. The Balaban J connectivity index is 0.00000135.